The highest BCUT2D eigenvalue weighted by Crippen LogP contribution is 2.24. The molecule has 2 heterocycles. The van der Waals surface area contributed by atoms with Crippen LogP contribution < -0.4 is 0 Å². The minimum absolute atomic E-state index is 0.149. The van der Waals surface area contributed by atoms with Gasteiger partial charge in [0.25, 0.3) is 0 Å². The fraction of sp³-hybridized carbons (Fsp3) is 0.333. The van der Waals surface area contributed by atoms with E-state index >= 15 is 0 Å². The summed E-state index contributed by atoms with van der Waals surface area (Å²) >= 11 is 0. The maximum atomic E-state index is 14.0. The van der Waals surface area contributed by atoms with E-state index in [1.807, 2.05) is 31.3 Å². The molecule has 4 nitrogen and oxygen atoms in total. The SMILES string of the molecule is Cn1c(CN2CCCC(C(=O)c3cc(F)ccc3F)C2)nc2ccccc21. The standard InChI is InChI=1S/C21H21F2N3O/c1-25-19-7-3-2-6-18(19)24-20(25)13-26-10-4-5-14(12-26)21(27)16-11-15(22)8-9-17(16)23/h2-3,6-9,11,14H,4-5,10,12-13H2,1H3. The van der Waals surface area contributed by atoms with Crippen LogP contribution in [0.4, 0.5) is 8.78 Å². The van der Waals surface area contributed by atoms with Gasteiger partial charge in [0.2, 0.25) is 0 Å². The molecule has 0 radical (unpaired) electrons. The van der Waals surface area contributed by atoms with Crippen LogP contribution >= 0.6 is 0 Å². The summed E-state index contributed by atoms with van der Waals surface area (Å²) in [6.07, 6.45) is 1.53. The number of aryl methyl sites for hydroxylation is 1. The fourth-order valence-electron chi connectivity index (χ4n) is 3.86. The van der Waals surface area contributed by atoms with Gasteiger partial charge < -0.3 is 4.57 Å². The van der Waals surface area contributed by atoms with Crippen LogP contribution in [0.25, 0.3) is 11.0 Å². The Hall–Kier alpha value is -2.60. The third kappa shape index (κ3) is 3.49. The Balaban J connectivity index is 1.51. The average molecular weight is 369 g/mol. The van der Waals surface area contributed by atoms with Crippen molar-refractivity contribution in [2.45, 2.75) is 19.4 Å². The summed E-state index contributed by atoms with van der Waals surface area (Å²) in [6.45, 7) is 2.01. The zero-order valence-corrected chi connectivity index (χ0v) is 15.2. The van der Waals surface area contributed by atoms with Gasteiger partial charge in [0.15, 0.2) is 5.78 Å². The smallest absolute Gasteiger partial charge is 0.170 e. The average Bonchev–Trinajstić information content (AvgIpc) is 2.99. The molecule has 1 fully saturated rings. The van der Waals surface area contributed by atoms with Crippen LogP contribution in [-0.4, -0.2) is 33.3 Å². The monoisotopic (exact) mass is 369 g/mol. The normalized spacial score (nSPS) is 18.1. The van der Waals surface area contributed by atoms with E-state index in [-0.39, 0.29) is 17.3 Å². The van der Waals surface area contributed by atoms with Crippen molar-refractivity contribution >= 4 is 16.8 Å². The molecule has 27 heavy (non-hydrogen) atoms. The zero-order chi connectivity index (χ0) is 19.0. The van der Waals surface area contributed by atoms with Crippen LogP contribution in [0, 0.1) is 17.6 Å². The number of imidazole rings is 1. The molecule has 6 heteroatoms. The maximum absolute atomic E-state index is 14.0. The van der Waals surface area contributed by atoms with Gasteiger partial charge in [0.1, 0.15) is 17.5 Å². The van der Waals surface area contributed by atoms with Gasteiger partial charge in [-0.15, -0.1) is 0 Å². The lowest BCUT2D eigenvalue weighted by atomic mass is 9.89. The largest absolute Gasteiger partial charge is 0.330 e. The second-order valence-corrected chi connectivity index (χ2v) is 7.14. The number of hydrogen-bond donors (Lipinski definition) is 0. The lowest BCUT2D eigenvalue weighted by Gasteiger charge is -2.31. The number of nitrogens with zero attached hydrogens (tertiary/aromatic N) is 3. The molecule has 1 aliphatic rings. The maximum Gasteiger partial charge on any atom is 0.170 e. The van der Waals surface area contributed by atoms with E-state index in [0.717, 1.165) is 48.0 Å². The molecule has 4 rings (SSSR count). The topological polar surface area (TPSA) is 38.1 Å². The van der Waals surface area contributed by atoms with E-state index in [1.54, 1.807) is 0 Å². The molecule has 1 aliphatic heterocycles. The number of likely N-dealkylation sites (tertiary alicyclic amines) is 1. The van der Waals surface area contributed by atoms with Gasteiger partial charge in [0.05, 0.1) is 23.1 Å². The predicted octanol–water partition coefficient (Wildman–Crippen LogP) is 3.95. The first-order chi connectivity index (χ1) is 13.0. The Labute approximate surface area is 156 Å². The minimum atomic E-state index is -0.658. The number of Topliss-reactive ketones (excluding diaryl/α,β-unsaturated/α-hetero) is 1. The number of fused-ring (bicyclic) bond motifs is 1. The molecule has 0 bridgehead atoms. The molecule has 1 aromatic heterocycles. The van der Waals surface area contributed by atoms with Crippen molar-refractivity contribution in [1.82, 2.24) is 14.5 Å². The minimum Gasteiger partial charge on any atom is -0.330 e. The van der Waals surface area contributed by atoms with Gasteiger partial charge in [-0.25, -0.2) is 13.8 Å². The van der Waals surface area contributed by atoms with Gasteiger partial charge in [-0.3, -0.25) is 9.69 Å². The number of carbonyl (C=O) groups excluding carboxylic acids is 1. The van der Waals surface area contributed by atoms with Crippen molar-refractivity contribution in [3.63, 3.8) is 0 Å². The quantitative estimate of drug-likeness (QED) is 0.654. The van der Waals surface area contributed by atoms with Gasteiger partial charge in [-0.1, -0.05) is 12.1 Å². The van der Waals surface area contributed by atoms with Crippen LogP contribution in [0.2, 0.25) is 0 Å². The van der Waals surface area contributed by atoms with Gasteiger partial charge in [0, 0.05) is 19.5 Å². The highest BCUT2D eigenvalue weighted by molar-refractivity contribution is 5.98. The third-order valence-electron chi connectivity index (χ3n) is 5.31. The molecule has 0 N–H and O–H groups in total. The van der Waals surface area contributed by atoms with E-state index in [9.17, 15) is 13.6 Å². The lowest BCUT2D eigenvalue weighted by molar-refractivity contribution is 0.0803. The van der Waals surface area contributed by atoms with Crippen molar-refractivity contribution in [1.29, 1.82) is 0 Å². The summed E-state index contributed by atoms with van der Waals surface area (Å²) in [4.78, 5) is 19.6. The number of halogens is 2. The first kappa shape index (κ1) is 17.8. The van der Waals surface area contributed by atoms with Gasteiger partial charge in [-0.2, -0.15) is 0 Å². The number of benzene rings is 2. The fourth-order valence-corrected chi connectivity index (χ4v) is 3.86. The van der Waals surface area contributed by atoms with Gasteiger partial charge in [-0.05, 0) is 49.7 Å². The molecule has 0 spiro atoms. The van der Waals surface area contributed by atoms with Crippen LogP contribution in [-0.2, 0) is 13.6 Å². The molecule has 1 saturated heterocycles. The highest BCUT2D eigenvalue weighted by atomic mass is 19.1. The molecular weight excluding hydrogens is 348 g/mol. The van der Waals surface area contributed by atoms with Gasteiger partial charge >= 0.3 is 0 Å². The summed E-state index contributed by atoms with van der Waals surface area (Å²) in [5.74, 6) is -0.964. The summed E-state index contributed by atoms with van der Waals surface area (Å²) in [5, 5.41) is 0. The van der Waals surface area contributed by atoms with Crippen molar-refractivity contribution in [2.24, 2.45) is 13.0 Å². The van der Waals surface area contributed by atoms with E-state index in [0.29, 0.717) is 19.5 Å². The number of carbonyl (C=O) groups is 1. The Morgan fingerprint density at radius 3 is 2.85 bits per heavy atom. The first-order valence-corrected chi connectivity index (χ1v) is 9.15. The predicted molar refractivity (Wildman–Crippen MR) is 99.4 cm³/mol. The highest BCUT2D eigenvalue weighted by Gasteiger charge is 2.29. The molecule has 1 atom stereocenters. The number of ketones is 1. The van der Waals surface area contributed by atoms with Crippen LogP contribution in [0.1, 0.15) is 29.0 Å². The molecule has 0 aliphatic carbocycles. The van der Waals surface area contributed by atoms with Crippen molar-refractivity contribution in [2.75, 3.05) is 13.1 Å². The molecule has 0 amide bonds. The number of piperidine rings is 1. The number of para-hydroxylation sites is 2. The molecule has 3 aromatic rings. The number of rotatable bonds is 4. The number of hydrogen-bond acceptors (Lipinski definition) is 3. The Morgan fingerprint density at radius 2 is 2.04 bits per heavy atom. The molecular formula is C21H21F2N3O. The summed E-state index contributed by atoms with van der Waals surface area (Å²) in [5.41, 5.74) is 1.87. The van der Waals surface area contributed by atoms with Crippen molar-refractivity contribution in [3.8, 4) is 0 Å². The number of aromatic nitrogens is 2. The first-order valence-electron chi connectivity index (χ1n) is 9.15. The summed E-state index contributed by atoms with van der Waals surface area (Å²) in [7, 11) is 1.99. The van der Waals surface area contributed by atoms with Crippen LogP contribution in [0.3, 0.4) is 0 Å². The molecule has 140 valence electrons. The zero-order valence-electron chi connectivity index (χ0n) is 15.2. The van der Waals surface area contributed by atoms with Crippen LogP contribution in [0.15, 0.2) is 42.5 Å². The second-order valence-electron chi connectivity index (χ2n) is 7.14. The van der Waals surface area contributed by atoms with Crippen molar-refractivity contribution < 1.29 is 13.6 Å². The van der Waals surface area contributed by atoms with E-state index in [1.165, 1.54) is 0 Å². The summed E-state index contributed by atoms with van der Waals surface area (Å²) < 4.78 is 29.5. The van der Waals surface area contributed by atoms with E-state index < -0.39 is 11.6 Å². The Morgan fingerprint density at radius 1 is 1.22 bits per heavy atom. The van der Waals surface area contributed by atoms with E-state index in [2.05, 4.69) is 14.5 Å². The Bertz CT molecular complexity index is 998. The molecule has 0 saturated carbocycles. The van der Waals surface area contributed by atoms with Crippen molar-refractivity contribution in [3.05, 3.63) is 65.5 Å². The van der Waals surface area contributed by atoms with E-state index in [4.69, 9.17) is 0 Å². The second kappa shape index (κ2) is 7.19. The van der Waals surface area contributed by atoms with Crippen LogP contribution in [0.5, 0.6) is 0 Å². The Kier molecular flexibility index (Phi) is 4.74. The third-order valence-corrected chi connectivity index (χ3v) is 5.31. The molecule has 2 aromatic carbocycles. The lowest BCUT2D eigenvalue weighted by Crippen LogP contribution is -2.39. The molecule has 1 unspecified atom stereocenters. The summed E-state index contributed by atoms with van der Waals surface area (Å²) in [6, 6.07) is 11.0.